The summed E-state index contributed by atoms with van der Waals surface area (Å²) >= 11 is 5.74. The Bertz CT molecular complexity index is 450. The Morgan fingerprint density at radius 1 is 1.54 bits per heavy atom. The number of halogens is 2. The number of imidazole rings is 1. The first-order valence-electron chi connectivity index (χ1n) is 4.05. The predicted molar refractivity (Wildman–Crippen MR) is 50.4 cm³/mol. The van der Waals surface area contributed by atoms with E-state index < -0.39 is 5.82 Å². The van der Waals surface area contributed by atoms with Crippen LogP contribution in [0.4, 0.5) is 4.39 Å². The minimum absolute atomic E-state index is 0.0912. The van der Waals surface area contributed by atoms with Gasteiger partial charge in [0.2, 0.25) is 0 Å². The Morgan fingerprint density at radius 2 is 2.31 bits per heavy atom. The van der Waals surface area contributed by atoms with Gasteiger partial charge in [0.15, 0.2) is 0 Å². The molecule has 2 rings (SSSR count). The third-order valence-corrected chi connectivity index (χ3v) is 2.29. The Morgan fingerprint density at radius 3 is 3.00 bits per heavy atom. The molecule has 0 saturated carbocycles. The van der Waals surface area contributed by atoms with Crippen molar-refractivity contribution >= 4 is 22.6 Å². The van der Waals surface area contributed by atoms with Crippen LogP contribution in [-0.2, 0) is 6.42 Å². The molecule has 0 aliphatic carbocycles. The minimum atomic E-state index is -0.427. The predicted octanol–water partition coefficient (Wildman–Crippen LogP) is 2.92. The molecule has 0 radical (unpaired) electrons. The Labute approximate surface area is 79.7 Å². The number of fused-ring (bicyclic) bond motifs is 1. The van der Waals surface area contributed by atoms with Crippen LogP contribution in [0.3, 0.4) is 0 Å². The van der Waals surface area contributed by atoms with Gasteiger partial charge in [-0.15, -0.1) is 0 Å². The van der Waals surface area contributed by atoms with E-state index in [2.05, 4.69) is 9.97 Å². The summed E-state index contributed by atoms with van der Waals surface area (Å²) in [6.45, 7) is 1.97. The van der Waals surface area contributed by atoms with Crippen molar-refractivity contribution in [2.24, 2.45) is 0 Å². The molecule has 1 N–H and O–H groups in total. The van der Waals surface area contributed by atoms with Gasteiger partial charge in [-0.2, -0.15) is 0 Å². The van der Waals surface area contributed by atoms with Gasteiger partial charge in [0.1, 0.15) is 22.2 Å². The van der Waals surface area contributed by atoms with E-state index in [1.807, 2.05) is 6.92 Å². The number of hydrogen-bond acceptors (Lipinski definition) is 1. The van der Waals surface area contributed by atoms with E-state index in [1.165, 1.54) is 6.07 Å². The molecule has 2 nitrogen and oxygen atoms in total. The monoisotopic (exact) mass is 198 g/mol. The van der Waals surface area contributed by atoms with Crippen molar-refractivity contribution in [3.63, 3.8) is 0 Å². The second kappa shape index (κ2) is 3.00. The Balaban J connectivity index is 2.76. The summed E-state index contributed by atoms with van der Waals surface area (Å²) in [5.74, 6) is 0.394. The maximum atomic E-state index is 13.0. The summed E-state index contributed by atoms with van der Waals surface area (Å²) < 4.78 is 13.0. The maximum Gasteiger partial charge on any atom is 0.144 e. The zero-order valence-corrected chi connectivity index (χ0v) is 7.82. The van der Waals surface area contributed by atoms with E-state index in [0.29, 0.717) is 5.52 Å². The molecule has 1 aromatic carbocycles. The van der Waals surface area contributed by atoms with Crippen molar-refractivity contribution in [1.82, 2.24) is 9.97 Å². The van der Waals surface area contributed by atoms with Crippen molar-refractivity contribution in [3.05, 3.63) is 28.8 Å². The van der Waals surface area contributed by atoms with Gasteiger partial charge in [-0.1, -0.05) is 18.5 Å². The van der Waals surface area contributed by atoms with Crippen molar-refractivity contribution < 1.29 is 4.39 Å². The van der Waals surface area contributed by atoms with Crippen LogP contribution in [0.15, 0.2) is 12.1 Å². The highest BCUT2D eigenvalue weighted by Gasteiger charge is 2.08. The normalized spacial score (nSPS) is 11.0. The fourth-order valence-electron chi connectivity index (χ4n) is 1.24. The van der Waals surface area contributed by atoms with Gasteiger partial charge in [0.25, 0.3) is 0 Å². The third-order valence-electron chi connectivity index (χ3n) is 1.93. The highest BCUT2D eigenvalue weighted by Crippen LogP contribution is 2.24. The standard InChI is InChI=1S/C9H8ClFN2/c1-2-7-12-6-4-3-5(11)8(10)9(6)13-7/h3-4H,2H2,1H3,(H,12,13). The summed E-state index contributed by atoms with van der Waals surface area (Å²) in [7, 11) is 0. The lowest BCUT2D eigenvalue weighted by molar-refractivity contribution is 0.630. The molecule has 68 valence electrons. The molecule has 1 aromatic heterocycles. The van der Waals surface area contributed by atoms with Crippen LogP contribution in [0.1, 0.15) is 12.7 Å². The number of hydrogen-bond donors (Lipinski definition) is 1. The van der Waals surface area contributed by atoms with Crippen LogP contribution in [0.25, 0.3) is 11.0 Å². The average molecular weight is 199 g/mol. The average Bonchev–Trinajstić information content (AvgIpc) is 2.55. The lowest BCUT2D eigenvalue weighted by Crippen LogP contribution is -1.80. The second-order valence-electron chi connectivity index (χ2n) is 2.79. The zero-order valence-electron chi connectivity index (χ0n) is 7.06. The fraction of sp³-hybridized carbons (Fsp3) is 0.222. The van der Waals surface area contributed by atoms with Gasteiger partial charge < -0.3 is 4.98 Å². The molecule has 0 spiro atoms. The smallest absolute Gasteiger partial charge is 0.144 e. The molecule has 0 aliphatic rings. The van der Waals surface area contributed by atoms with Crippen molar-refractivity contribution in [2.45, 2.75) is 13.3 Å². The lowest BCUT2D eigenvalue weighted by atomic mass is 10.3. The Hall–Kier alpha value is -1.09. The summed E-state index contributed by atoms with van der Waals surface area (Å²) in [4.78, 5) is 7.22. The molecule has 0 bridgehead atoms. The lowest BCUT2D eigenvalue weighted by Gasteiger charge is -1.92. The molecular formula is C9H8ClFN2. The highest BCUT2D eigenvalue weighted by molar-refractivity contribution is 6.35. The highest BCUT2D eigenvalue weighted by atomic mass is 35.5. The summed E-state index contributed by atoms with van der Waals surface area (Å²) in [5, 5.41) is 0.0912. The molecule has 0 aliphatic heterocycles. The first kappa shape index (κ1) is 8.51. The largest absolute Gasteiger partial charge is 0.342 e. The second-order valence-corrected chi connectivity index (χ2v) is 3.17. The fourth-order valence-corrected chi connectivity index (χ4v) is 1.44. The van der Waals surface area contributed by atoms with Gasteiger partial charge in [0.05, 0.1) is 5.52 Å². The first-order chi connectivity index (χ1) is 6.22. The zero-order chi connectivity index (χ0) is 9.42. The number of aromatic nitrogens is 2. The number of H-pyrrole nitrogens is 1. The number of aryl methyl sites for hydroxylation is 1. The van der Waals surface area contributed by atoms with Crippen molar-refractivity contribution in [3.8, 4) is 0 Å². The Kier molecular flexibility index (Phi) is 1.96. The summed E-state index contributed by atoms with van der Waals surface area (Å²) in [5.41, 5.74) is 1.29. The van der Waals surface area contributed by atoms with Gasteiger partial charge in [-0.25, -0.2) is 9.37 Å². The van der Waals surface area contributed by atoms with E-state index in [-0.39, 0.29) is 5.02 Å². The summed E-state index contributed by atoms with van der Waals surface area (Å²) in [6.07, 6.45) is 0.784. The quantitative estimate of drug-likeness (QED) is 0.750. The molecule has 1 heterocycles. The molecule has 0 amide bonds. The van der Waals surface area contributed by atoms with Gasteiger partial charge >= 0.3 is 0 Å². The third kappa shape index (κ3) is 1.29. The van der Waals surface area contributed by atoms with Crippen LogP contribution in [0, 0.1) is 5.82 Å². The maximum absolute atomic E-state index is 13.0. The molecular weight excluding hydrogens is 191 g/mol. The van der Waals surface area contributed by atoms with E-state index in [4.69, 9.17) is 11.6 Å². The van der Waals surface area contributed by atoms with Crippen LogP contribution >= 0.6 is 11.6 Å². The summed E-state index contributed by atoms with van der Waals surface area (Å²) in [6, 6.07) is 2.98. The molecule has 0 fully saturated rings. The number of rotatable bonds is 1. The molecule has 13 heavy (non-hydrogen) atoms. The van der Waals surface area contributed by atoms with Crippen LogP contribution in [0.5, 0.6) is 0 Å². The first-order valence-corrected chi connectivity index (χ1v) is 4.42. The van der Waals surface area contributed by atoms with Crippen LogP contribution in [0.2, 0.25) is 5.02 Å². The number of nitrogens with one attached hydrogen (secondary N) is 1. The number of benzene rings is 1. The molecule has 4 heteroatoms. The van der Waals surface area contributed by atoms with Crippen LogP contribution < -0.4 is 0 Å². The van der Waals surface area contributed by atoms with Gasteiger partial charge in [-0.05, 0) is 12.1 Å². The van der Waals surface area contributed by atoms with Crippen LogP contribution in [-0.4, -0.2) is 9.97 Å². The van der Waals surface area contributed by atoms with Crippen molar-refractivity contribution in [2.75, 3.05) is 0 Å². The van der Waals surface area contributed by atoms with Gasteiger partial charge in [-0.3, -0.25) is 0 Å². The number of nitrogens with zero attached hydrogens (tertiary/aromatic N) is 1. The minimum Gasteiger partial charge on any atom is -0.342 e. The van der Waals surface area contributed by atoms with E-state index in [9.17, 15) is 4.39 Å². The van der Waals surface area contributed by atoms with E-state index in [0.717, 1.165) is 17.8 Å². The number of aromatic amines is 1. The molecule has 0 atom stereocenters. The van der Waals surface area contributed by atoms with E-state index >= 15 is 0 Å². The SMILES string of the molecule is CCc1nc2c(Cl)c(F)ccc2[nH]1. The molecule has 2 aromatic rings. The van der Waals surface area contributed by atoms with Crippen molar-refractivity contribution in [1.29, 1.82) is 0 Å². The molecule has 0 saturated heterocycles. The molecule has 0 unspecified atom stereocenters. The van der Waals surface area contributed by atoms with Gasteiger partial charge in [0, 0.05) is 6.42 Å². The van der Waals surface area contributed by atoms with E-state index in [1.54, 1.807) is 6.07 Å². The topological polar surface area (TPSA) is 28.7 Å².